The molecule has 5 heteroatoms. The average molecular weight is 305 g/mol. The summed E-state index contributed by atoms with van der Waals surface area (Å²) in [5.74, 6) is 0.894. The van der Waals surface area contributed by atoms with Crippen molar-refractivity contribution in [1.29, 1.82) is 0 Å². The maximum Gasteiger partial charge on any atom is 0.142 e. The van der Waals surface area contributed by atoms with E-state index in [1.165, 1.54) is 0 Å². The maximum atomic E-state index is 9.89. The Bertz CT molecular complexity index is 737. The SMILES string of the molecule is Oc1ccc2nc(-c3ccc(Br)cc3O)[nH]c2c1. The van der Waals surface area contributed by atoms with Crippen LogP contribution < -0.4 is 0 Å². The molecule has 0 spiro atoms. The van der Waals surface area contributed by atoms with Crippen LogP contribution in [0.25, 0.3) is 22.4 Å². The van der Waals surface area contributed by atoms with Crippen LogP contribution in [0.2, 0.25) is 0 Å². The van der Waals surface area contributed by atoms with Gasteiger partial charge < -0.3 is 15.2 Å². The van der Waals surface area contributed by atoms with Crippen LogP contribution in [-0.2, 0) is 0 Å². The summed E-state index contributed by atoms with van der Waals surface area (Å²) in [6.45, 7) is 0. The second-order valence-electron chi connectivity index (χ2n) is 3.95. The molecule has 18 heavy (non-hydrogen) atoms. The number of aromatic hydroxyl groups is 2. The number of rotatable bonds is 1. The normalized spacial score (nSPS) is 10.9. The lowest BCUT2D eigenvalue weighted by Gasteiger charge is -2.00. The van der Waals surface area contributed by atoms with Crippen molar-refractivity contribution in [2.24, 2.45) is 0 Å². The van der Waals surface area contributed by atoms with Crippen molar-refractivity contribution in [3.05, 3.63) is 40.9 Å². The van der Waals surface area contributed by atoms with E-state index in [-0.39, 0.29) is 11.5 Å². The molecule has 0 bridgehead atoms. The number of fused-ring (bicyclic) bond motifs is 1. The fourth-order valence-electron chi connectivity index (χ4n) is 1.83. The lowest BCUT2D eigenvalue weighted by atomic mass is 10.2. The topological polar surface area (TPSA) is 69.1 Å². The van der Waals surface area contributed by atoms with E-state index in [1.807, 2.05) is 6.07 Å². The Morgan fingerprint density at radius 1 is 1.06 bits per heavy atom. The van der Waals surface area contributed by atoms with Crippen LogP contribution in [0.5, 0.6) is 11.5 Å². The number of imidazole rings is 1. The molecule has 3 rings (SSSR count). The molecular formula is C13H9BrN2O2. The Hall–Kier alpha value is -2.01. The molecule has 0 fully saturated rings. The van der Waals surface area contributed by atoms with E-state index in [2.05, 4.69) is 25.9 Å². The van der Waals surface area contributed by atoms with E-state index in [0.29, 0.717) is 11.4 Å². The molecule has 0 saturated carbocycles. The van der Waals surface area contributed by atoms with Crippen LogP contribution >= 0.6 is 15.9 Å². The molecule has 0 aliphatic carbocycles. The summed E-state index contributed by atoms with van der Waals surface area (Å²) in [7, 11) is 0. The van der Waals surface area contributed by atoms with Gasteiger partial charge in [-0.25, -0.2) is 4.98 Å². The molecule has 0 atom stereocenters. The van der Waals surface area contributed by atoms with Gasteiger partial charge >= 0.3 is 0 Å². The van der Waals surface area contributed by atoms with Crippen molar-refractivity contribution >= 4 is 27.0 Å². The van der Waals surface area contributed by atoms with Crippen molar-refractivity contribution in [3.8, 4) is 22.9 Å². The Morgan fingerprint density at radius 3 is 2.67 bits per heavy atom. The fraction of sp³-hybridized carbons (Fsp3) is 0. The Morgan fingerprint density at radius 2 is 1.89 bits per heavy atom. The number of aromatic amines is 1. The number of phenols is 2. The van der Waals surface area contributed by atoms with Gasteiger partial charge in [0, 0.05) is 10.5 Å². The van der Waals surface area contributed by atoms with Crippen LogP contribution in [-0.4, -0.2) is 20.2 Å². The number of hydrogen-bond donors (Lipinski definition) is 3. The van der Waals surface area contributed by atoms with Crippen LogP contribution in [0.15, 0.2) is 40.9 Å². The molecule has 4 nitrogen and oxygen atoms in total. The highest BCUT2D eigenvalue weighted by Gasteiger charge is 2.10. The summed E-state index contributed by atoms with van der Waals surface area (Å²) in [5.41, 5.74) is 2.09. The third-order valence-corrected chi connectivity index (χ3v) is 3.17. The van der Waals surface area contributed by atoms with Gasteiger partial charge in [-0.2, -0.15) is 0 Å². The molecule has 90 valence electrons. The summed E-state index contributed by atoms with van der Waals surface area (Å²) in [6.07, 6.45) is 0. The first-order chi connectivity index (χ1) is 8.63. The Balaban J connectivity index is 2.19. The zero-order valence-corrected chi connectivity index (χ0v) is 10.8. The predicted molar refractivity (Wildman–Crippen MR) is 72.6 cm³/mol. The molecule has 0 radical (unpaired) electrons. The zero-order valence-electron chi connectivity index (χ0n) is 9.18. The summed E-state index contributed by atoms with van der Waals surface area (Å²) in [6, 6.07) is 10.1. The van der Waals surface area contributed by atoms with Gasteiger partial charge in [0.1, 0.15) is 17.3 Å². The van der Waals surface area contributed by atoms with Crippen molar-refractivity contribution < 1.29 is 10.2 Å². The molecule has 0 unspecified atom stereocenters. The maximum absolute atomic E-state index is 9.89. The molecule has 3 N–H and O–H groups in total. The van der Waals surface area contributed by atoms with Gasteiger partial charge in [-0.3, -0.25) is 0 Å². The summed E-state index contributed by atoms with van der Waals surface area (Å²) < 4.78 is 0.803. The van der Waals surface area contributed by atoms with Crippen molar-refractivity contribution in [2.75, 3.05) is 0 Å². The summed E-state index contributed by atoms with van der Waals surface area (Å²) in [4.78, 5) is 7.44. The largest absolute Gasteiger partial charge is 0.508 e. The molecule has 0 aliphatic heterocycles. The van der Waals surface area contributed by atoms with E-state index >= 15 is 0 Å². The first-order valence-electron chi connectivity index (χ1n) is 5.31. The van der Waals surface area contributed by atoms with Gasteiger partial charge in [0.15, 0.2) is 0 Å². The van der Waals surface area contributed by atoms with Crippen LogP contribution in [0, 0.1) is 0 Å². The molecular weight excluding hydrogens is 296 g/mol. The summed E-state index contributed by atoms with van der Waals surface area (Å²) in [5, 5.41) is 19.3. The molecule has 0 aliphatic rings. The van der Waals surface area contributed by atoms with Gasteiger partial charge in [-0.15, -0.1) is 0 Å². The second-order valence-corrected chi connectivity index (χ2v) is 4.86. The van der Waals surface area contributed by atoms with E-state index in [9.17, 15) is 10.2 Å². The third kappa shape index (κ3) is 1.82. The number of benzene rings is 2. The monoisotopic (exact) mass is 304 g/mol. The first-order valence-corrected chi connectivity index (χ1v) is 6.10. The fourth-order valence-corrected chi connectivity index (χ4v) is 2.18. The number of nitrogens with one attached hydrogen (secondary N) is 1. The highest BCUT2D eigenvalue weighted by Crippen LogP contribution is 2.31. The average Bonchev–Trinajstić information content (AvgIpc) is 2.71. The number of nitrogens with zero attached hydrogens (tertiary/aromatic N) is 1. The highest BCUT2D eigenvalue weighted by molar-refractivity contribution is 9.10. The zero-order chi connectivity index (χ0) is 12.7. The van der Waals surface area contributed by atoms with E-state index in [0.717, 1.165) is 15.5 Å². The Kier molecular flexibility index (Phi) is 2.48. The van der Waals surface area contributed by atoms with Crippen LogP contribution in [0.3, 0.4) is 0 Å². The smallest absolute Gasteiger partial charge is 0.142 e. The number of hydrogen-bond acceptors (Lipinski definition) is 3. The summed E-state index contributed by atoms with van der Waals surface area (Å²) >= 11 is 3.29. The minimum atomic E-state index is 0.146. The Labute approximate surface area is 111 Å². The van der Waals surface area contributed by atoms with E-state index in [1.54, 1.807) is 30.3 Å². The number of phenolic OH excluding ortho intramolecular Hbond substituents is 2. The number of halogens is 1. The number of H-pyrrole nitrogens is 1. The first kappa shape index (κ1) is 11.1. The highest BCUT2D eigenvalue weighted by atomic mass is 79.9. The van der Waals surface area contributed by atoms with Gasteiger partial charge in [0.25, 0.3) is 0 Å². The minimum Gasteiger partial charge on any atom is -0.508 e. The minimum absolute atomic E-state index is 0.146. The van der Waals surface area contributed by atoms with Crippen molar-refractivity contribution in [2.45, 2.75) is 0 Å². The van der Waals surface area contributed by atoms with Gasteiger partial charge in [-0.05, 0) is 30.3 Å². The molecule has 0 amide bonds. The van der Waals surface area contributed by atoms with Gasteiger partial charge in [0.05, 0.1) is 16.6 Å². The van der Waals surface area contributed by atoms with Crippen molar-refractivity contribution in [1.82, 2.24) is 9.97 Å². The van der Waals surface area contributed by atoms with Crippen molar-refractivity contribution in [3.63, 3.8) is 0 Å². The quantitative estimate of drug-likeness (QED) is 0.645. The van der Waals surface area contributed by atoms with E-state index in [4.69, 9.17) is 0 Å². The lowest BCUT2D eigenvalue weighted by molar-refractivity contribution is 0.476. The predicted octanol–water partition coefficient (Wildman–Crippen LogP) is 3.40. The lowest BCUT2D eigenvalue weighted by Crippen LogP contribution is -1.81. The molecule has 1 aromatic heterocycles. The number of aromatic nitrogens is 2. The third-order valence-electron chi connectivity index (χ3n) is 2.68. The van der Waals surface area contributed by atoms with Crippen LogP contribution in [0.1, 0.15) is 0 Å². The molecule has 0 saturated heterocycles. The second kappa shape index (κ2) is 4.03. The molecule has 1 heterocycles. The van der Waals surface area contributed by atoms with Crippen LogP contribution in [0.4, 0.5) is 0 Å². The molecule has 3 aromatic rings. The molecule has 2 aromatic carbocycles. The van der Waals surface area contributed by atoms with Gasteiger partial charge in [-0.1, -0.05) is 15.9 Å². The standard InChI is InChI=1S/C13H9BrN2O2/c14-7-1-3-9(12(18)5-7)13-15-10-4-2-8(17)6-11(10)16-13/h1-6,17-18H,(H,15,16). The van der Waals surface area contributed by atoms with Gasteiger partial charge in [0.2, 0.25) is 0 Å². The van der Waals surface area contributed by atoms with E-state index < -0.39 is 0 Å².